The van der Waals surface area contributed by atoms with Crippen LogP contribution in [0.5, 0.6) is 0 Å². The summed E-state index contributed by atoms with van der Waals surface area (Å²) in [4.78, 5) is 0. The lowest BCUT2D eigenvalue weighted by molar-refractivity contribution is 0.0678. The Morgan fingerprint density at radius 3 is 2.47 bits per heavy atom. The third-order valence-corrected chi connectivity index (χ3v) is 4.73. The molecule has 0 aromatic heterocycles. The van der Waals surface area contributed by atoms with Crippen LogP contribution in [0, 0.1) is 12.8 Å². The van der Waals surface area contributed by atoms with E-state index in [0.717, 1.165) is 37.2 Å². The fraction of sp³-hybridized carbons (Fsp3) is 0.571. The van der Waals surface area contributed by atoms with Gasteiger partial charge >= 0.3 is 0 Å². The van der Waals surface area contributed by atoms with Crippen LogP contribution in [-0.2, 0) is 20.5 Å². The molecule has 0 bridgehead atoms. The first kappa shape index (κ1) is 14.5. The standard InChI is InChI=1S/C14H21NO3S/c1-12-2-4-14(5-3-12)11-19(16,17)15-10-13-6-8-18-9-7-13/h2-5,13,15H,6-11H2,1H3. The molecule has 0 aliphatic carbocycles. The summed E-state index contributed by atoms with van der Waals surface area (Å²) in [5.74, 6) is 0.456. The fourth-order valence-electron chi connectivity index (χ4n) is 2.15. The minimum Gasteiger partial charge on any atom is -0.381 e. The lowest BCUT2D eigenvalue weighted by Crippen LogP contribution is -2.32. The highest BCUT2D eigenvalue weighted by atomic mass is 32.2. The first-order valence-electron chi connectivity index (χ1n) is 6.66. The van der Waals surface area contributed by atoms with Crippen LogP contribution >= 0.6 is 0 Å². The van der Waals surface area contributed by atoms with Crippen molar-refractivity contribution < 1.29 is 13.2 Å². The van der Waals surface area contributed by atoms with Gasteiger partial charge in [-0.2, -0.15) is 0 Å². The van der Waals surface area contributed by atoms with Crippen molar-refractivity contribution in [3.05, 3.63) is 35.4 Å². The maximum Gasteiger partial charge on any atom is 0.215 e. The van der Waals surface area contributed by atoms with E-state index in [1.807, 2.05) is 31.2 Å². The predicted molar refractivity (Wildman–Crippen MR) is 75.3 cm³/mol. The lowest BCUT2D eigenvalue weighted by atomic mass is 10.0. The molecule has 0 atom stereocenters. The van der Waals surface area contributed by atoms with Crippen LogP contribution in [0.2, 0.25) is 0 Å². The summed E-state index contributed by atoms with van der Waals surface area (Å²) in [6, 6.07) is 7.60. The van der Waals surface area contributed by atoms with Gasteiger partial charge in [0.1, 0.15) is 0 Å². The minimum absolute atomic E-state index is 0.0521. The molecule has 0 amide bonds. The number of rotatable bonds is 5. The van der Waals surface area contributed by atoms with Gasteiger partial charge in [-0.15, -0.1) is 0 Å². The average Bonchev–Trinajstić information content (AvgIpc) is 2.40. The molecule has 1 aromatic carbocycles. The number of aryl methyl sites for hydroxylation is 1. The van der Waals surface area contributed by atoms with Crippen molar-refractivity contribution in [1.29, 1.82) is 0 Å². The maximum atomic E-state index is 12.0. The van der Waals surface area contributed by atoms with Gasteiger partial charge in [-0.05, 0) is 31.2 Å². The van der Waals surface area contributed by atoms with E-state index in [2.05, 4.69) is 4.72 Å². The zero-order valence-electron chi connectivity index (χ0n) is 11.3. The van der Waals surface area contributed by atoms with Gasteiger partial charge in [-0.1, -0.05) is 29.8 Å². The highest BCUT2D eigenvalue weighted by Gasteiger charge is 2.17. The smallest absolute Gasteiger partial charge is 0.215 e. The van der Waals surface area contributed by atoms with Crippen molar-refractivity contribution in [2.45, 2.75) is 25.5 Å². The number of benzene rings is 1. The van der Waals surface area contributed by atoms with Crippen LogP contribution in [0.25, 0.3) is 0 Å². The van der Waals surface area contributed by atoms with Crippen LogP contribution in [0.3, 0.4) is 0 Å². The van der Waals surface area contributed by atoms with Crippen molar-refractivity contribution in [3.8, 4) is 0 Å². The average molecular weight is 283 g/mol. The van der Waals surface area contributed by atoms with Gasteiger partial charge in [0, 0.05) is 19.8 Å². The SMILES string of the molecule is Cc1ccc(CS(=O)(=O)NCC2CCOCC2)cc1. The molecule has 1 N–H and O–H groups in total. The van der Waals surface area contributed by atoms with Crippen molar-refractivity contribution >= 4 is 10.0 Å². The molecule has 0 unspecified atom stereocenters. The number of ether oxygens (including phenoxy) is 1. The molecule has 106 valence electrons. The molecule has 0 radical (unpaired) electrons. The Labute approximate surface area is 115 Å². The van der Waals surface area contributed by atoms with Gasteiger partial charge in [0.2, 0.25) is 10.0 Å². The monoisotopic (exact) mass is 283 g/mol. The third-order valence-electron chi connectivity index (χ3n) is 3.41. The fourth-order valence-corrected chi connectivity index (χ4v) is 3.37. The van der Waals surface area contributed by atoms with E-state index in [9.17, 15) is 8.42 Å². The molecule has 0 saturated carbocycles. The third kappa shape index (κ3) is 4.93. The quantitative estimate of drug-likeness (QED) is 0.897. The summed E-state index contributed by atoms with van der Waals surface area (Å²) >= 11 is 0. The molecule has 0 spiro atoms. The minimum atomic E-state index is -3.24. The maximum absolute atomic E-state index is 12.0. The second-order valence-electron chi connectivity index (χ2n) is 5.15. The van der Waals surface area contributed by atoms with E-state index in [-0.39, 0.29) is 5.75 Å². The zero-order chi connectivity index (χ0) is 13.7. The van der Waals surface area contributed by atoms with E-state index in [4.69, 9.17) is 4.74 Å². The van der Waals surface area contributed by atoms with Gasteiger partial charge in [0.25, 0.3) is 0 Å². The van der Waals surface area contributed by atoms with E-state index >= 15 is 0 Å². The second kappa shape index (κ2) is 6.50. The molecule has 2 rings (SSSR count). The molecule has 1 aromatic rings. The Morgan fingerprint density at radius 1 is 1.21 bits per heavy atom. The molecular weight excluding hydrogens is 262 g/mol. The Balaban J connectivity index is 1.85. The van der Waals surface area contributed by atoms with Crippen molar-refractivity contribution in [1.82, 2.24) is 4.72 Å². The molecule has 4 nitrogen and oxygen atoms in total. The summed E-state index contributed by atoms with van der Waals surface area (Å²) in [6.45, 7) is 3.99. The first-order valence-corrected chi connectivity index (χ1v) is 8.31. The lowest BCUT2D eigenvalue weighted by Gasteiger charge is -2.22. The topological polar surface area (TPSA) is 55.4 Å². The largest absolute Gasteiger partial charge is 0.381 e. The van der Waals surface area contributed by atoms with E-state index in [0.29, 0.717) is 12.5 Å². The van der Waals surface area contributed by atoms with Crippen LogP contribution < -0.4 is 4.72 Å². The Hall–Kier alpha value is -0.910. The molecular formula is C14H21NO3S. The Morgan fingerprint density at radius 2 is 1.84 bits per heavy atom. The molecule has 1 aliphatic heterocycles. The summed E-state index contributed by atoms with van der Waals surface area (Å²) in [6.07, 6.45) is 1.88. The number of nitrogens with one attached hydrogen (secondary N) is 1. The number of sulfonamides is 1. The van der Waals surface area contributed by atoms with Gasteiger partial charge in [-0.25, -0.2) is 13.1 Å². The van der Waals surface area contributed by atoms with E-state index in [1.165, 1.54) is 0 Å². The van der Waals surface area contributed by atoms with Crippen LogP contribution in [0.15, 0.2) is 24.3 Å². The number of hydrogen-bond acceptors (Lipinski definition) is 3. The van der Waals surface area contributed by atoms with E-state index < -0.39 is 10.0 Å². The van der Waals surface area contributed by atoms with Crippen LogP contribution in [0.4, 0.5) is 0 Å². The summed E-state index contributed by atoms with van der Waals surface area (Å²) in [7, 11) is -3.24. The molecule has 1 heterocycles. The first-order chi connectivity index (χ1) is 9.05. The van der Waals surface area contributed by atoms with Crippen molar-refractivity contribution in [2.24, 2.45) is 5.92 Å². The highest BCUT2D eigenvalue weighted by Crippen LogP contribution is 2.14. The molecule has 1 aliphatic rings. The summed E-state index contributed by atoms with van der Waals surface area (Å²) in [5.41, 5.74) is 1.96. The summed E-state index contributed by atoms with van der Waals surface area (Å²) < 4.78 is 31.9. The van der Waals surface area contributed by atoms with Gasteiger partial charge in [-0.3, -0.25) is 0 Å². The molecule has 1 saturated heterocycles. The van der Waals surface area contributed by atoms with Crippen molar-refractivity contribution in [2.75, 3.05) is 19.8 Å². The van der Waals surface area contributed by atoms with E-state index in [1.54, 1.807) is 0 Å². The van der Waals surface area contributed by atoms with Crippen LogP contribution in [-0.4, -0.2) is 28.2 Å². The predicted octanol–water partition coefficient (Wildman–Crippen LogP) is 1.84. The van der Waals surface area contributed by atoms with Gasteiger partial charge in [0.15, 0.2) is 0 Å². The van der Waals surface area contributed by atoms with Crippen molar-refractivity contribution in [3.63, 3.8) is 0 Å². The summed E-state index contributed by atoms with van der Waals surface area (Å²) in [5, 5.41) is 0. The van der Waals surface area contributed by atoms with Gasteiger partial charge in [0.05, 0.1) is 5.75 Å². The Bertz CT molecular complexity index is 490. The number of hydrogen-bond donors (Lipinski definition) is 1. The highest BCUT2D eigenvalue weighted by molar-refractivity contribution is 7.88. The van der Waals surface area contributed by atoms with Gasteiger partial charge < -0.3 is 4.74 Å². The Kier molecular flexibility index (Phi) is 4.96. The van der Waals surface area contributed by atoms with Crippen LogP contribution in [0.1, 0.15) is 24.0 Å². The molecule has 1 fully saturated rings. The second-order valence-corrected chi connectivity index (χ2v) is 6.96. The molecule has 5 heteroatoms. The zero-order valence-corrected chi connectivity index (χ0v) is 12.1. The normalized spacial score (nSPS) is 17.5. The molecule has 19 heavy (non-hydrogen) atoms.